The third kappa shape index (κ3) is 4.40. The fraction of sp³-hybridized carbons (Fsp3) is 0.200. The lowest BCUT2D eigenvalue weighted by Gasteiger charge is -2.08. The summed E-state index contributed by atoms with van der Waals surface area (Å²) in [5.74, 6) is 0. The lowest BCUT2D eigenvalue weighted by atomic mass is 10.2. The van der Waals surface area contributed by atoms with Crippen LogP contribution in [-0.2, 0) is 14.8 Å². The molecule has 0 spiro atoms. The van der Waals surface area contributed by atoms with Gasteiger partial charge in [-0.3, -0.25) is 0 Å². The fourth-order valence-corrected chi connectivity index (χ4v) is 2.72. The maximum atomic E-state index is 11.9. The van der Waals surface area contributed by atoms with Gasteiger partial charge in [0.25, 0.3) is 0 Å². The monoisotopic (exact) mass is 303 g/mol. The molecule has 0 aliphatic rings. The minimum Gasteiger partial charge on any atom is -0.448 e. The Bertz CT molecular complexity index is 624. The highest BCUT2D eigenvalue weighted by atomic mass is 35.5. The van der Waals surface area contributed by atoms with Gasteiger partial charge in [0.15, 0.2) is 0 Å². The molecule has 0 atom stereocenters. The van der Waals surface area contributed by atoms with Crippen molar-refractivity contribution in [3.8, 4) is 6.07 Å². The minimum atomic E-state index is -3.89. The van der Waals surface area contributed by atoms with Gasteiger partial charge in [0, 0.05) is 6.54 Å². The van der Waals surface area contributed by atoms with Crippen LogP contribution in [0.2, 0.25) is 5.02 Å². The van der Waals surface area contributed by atoms with Gasteiger partial charge in [-0.2, -0.15) is 5.26 Å². The van der Waals surface area contributed by atoms with Crippen molar-refractivity contribution >= 4 is 27.7 Å². The summed E-state index contributed by atoms with van der Waals surface area (Å²) in [6.07, 6.45) is -0.997. The molecular weight excluding hydrogens is 294 g/mol. The van der Waals surface area contributed by atoms with Crippen LogP contribution in [0.4, 0.5) is 4.79 Å². The number of nitriles is 1. The Labute approximate surface area is 115 Å². The summed E-state index contributed by atoms with van der Waals surface area (Å²) >= 11 is 5.77. The molecule has 0 saturated heterocycles. The number of nitrogens with one attached hydrogen (secondary N) is 1. The zero-order valence-electron chi connectivity index (χ0n) is 9.59. The first kappa shape index (κ1) is 15.2. The average molecular weight is 304 g/mol. The van der Waals surface area contributed by atoms with Gasteiger partial charge in [-0.15, -0.1) is 0 Å². The predicted octanol–water partition coefficient (Wildman–Crippen LogP) is 0.585. The van der Waals surface area contributed by atoms with Crippen molar-refractivity contribution in [2.45, 2.75) is 4.90 Å². The molecule has 0 fully saturated rings. The number of amides is 1. The molecule has 7 nitrogen and oxygen atoms in total. The van der Waals surface area contributed by atoms with Gasteiger partial charge < -0.3 is 10.5 Å². The van der Waals surface area contributed by atoms with Gasteiger partial charge in [-0.05, 0) is 18.2 Å². The molecule has 1 amide bonds. The van der Waals surface area contributed by atoms with Crippen LogP contribution in [0.3, 0.4) is 0 Å². The molecule has 9 heteroatoms. The van der Waals surface area contributed by atoms with Gasteiger partial charge >= 0.3 is 6.09 Å². The van der Waals surface area contributed by atoms with Crippen molar-refractivity contribution in [1.82, 2.24) is 4.72 Å². The summed E-state index contributed by atoms with van der Waals surface area (Å²) in [7, 11) is -3.89. The molecule has 0 unspecified atom stereocenters. The molecule has 0 bridgehead atoms. The fourth-order valence-electron chi connectivity index (χ4n) is 1.18. The molecule has 0 aliphatic carbocycles. The van der Waals surface area contributed by atoms with E-state index in [1.54, 1.807) is 0 Å². The Balaban J connectivity index is 2.83. The highest BCUT2D eigenvalue weighted by Gasteiger charge is 2.18. The molecule has 102 valence electrons. The second-order valence-electron chi connectivity index (χ2n) is 3.32. The predicted molar refractivity (Wildman–Crippen MR) is 66.9 cm³/mol. The number of carbonyl (C=O) groups is 1. The third-order valence-corrected chi connectivity index (χ3v) is 3.93. The molecule has 0 heterocycles. The van der Waals surface area contributed by atoms with Crippen LogP contribution < -0.4 is 10.5 Å². The number of halogens is 1. The number of carbonyl (C=O) groups excluding carboxylic acids is 1. The van der Waals surface area contributed by atoms with Crippen molar-refractivity contribution in [1.29, 1.82) is 5.26 Å². The Kier molecular flexibility index (Phi) is 5.11. The molecule has 0 saturated carbocycles. The number of hydrogen-bond donors (Lipinski definition) is 2. The van der Waals surface area contributed by atoms with E-state index in [4.69, 9.17) is 22.6 Å². The topological polar surface area (TPSA) is 122 Å². The summed E-state index contributed by atoms with van der Waals surface area (Å²) in [4.78, 5) is 10.1. The lowest BCUT2D eigenvalue weighted by Crippen LogP contribution is -2.29. The van der Waals surface area contributed by atoms with E-state index in [1.807, 2.05) is 6.07 Å². The average Bonchev–Trinajstić information content (AvgIpc) is 2.35. The smallest absolute Gasteiger partial charge is 0.404 e. The molecule has 19 heavy (non-hydrogen) atoms. The van der Waals surface area contributed by atoms with Gasteiger partial charge in [0.05, 0.1) is 16.7 Å². The standard InChI is InChI=1S/C10H10ClN3O4S/c11-8-2-1-7(6-12)5-9(8)19(16,17)14-3-4-18-10(13)15/h1-2,5,14H,3-4H2,(H2,13,15). The molecule has 1 rings (SSSR count). The summed E-state index contributed by atoms with van der Waals surface area (Å²) in [6, 6.07) is 5.68. The van der Waals surface area contributed by atoms with Crippen molar-refractivity contribution < 1.29 is 17.9 Å². The van der Waals surface area contributed by atoms with Crippen LogP contribution in [0.25, 0.3) is 0 Å². The lowest BCUT2D eigenvalue weighted by molar-refractivity contribution is 0.159. The Morgan fingerprint density at radius 2 is 2.21 bits per heavy atom. The van der Waals surface area contributed by atoms with Gasteiger partial charge in [-0.1, -0.05) is 11.6 Å². The van der Waals surface area contributed by atoms with E-state index in [1.165, 1.54) is 12.1 Å². The highest BCUT2D eigenvalue weighted by Crippen LogP contribution is 2.22. The first-order valence-electron chi connectivity index (χ1n) is 4.98. The van der Waals surface area contributed by atoms with Crippen LogP contribution in [-0.4, -0.2) is 27.7 Å². The van der Waals surface area contributed by atoms with Crippen molar-refractivity contribution in [3.63, 3.8) is 0 Å². The first-order valence-corrected chi connectivity index (χ1v) is 6.84. The zero-order valence-corrected chi connectivity index (χ0v) is 11.2. The zero-order chi connectivity index (χ0) is 14.5. The quantitative estimate of drug-likeness (QED) is 0.771. The second-order valence-corrected chi connectivity index (χ2v) is 5.46. The summed E-state index contributed by atoms with van der Waals surface area (Å²) in [5.41, 5.74) is 4.88. The van der Waals surface area contributed by atoms with E-state index in [9.17, 15) is 13.2 Å². The molecule has 1 aromatic rings. The number of rotatable bonds is 5. The number of hydrogen-bond acceptors (Lipinski definition) is 5. The van der Waals surface area contributed by atoms with E-state index >= 15 is 0 Å². The summed E-state index contributed by atoms with van der Waals surface area (Å²) < 4.78 is 30.3. The van der Waals surface area contributed by atoms with Crippen molar-refractivity contribution in [2.24, 2.45) is 5.73 Å². The molecular formula is C10H10ClN3O4S. The van der Waals surface area contributed by atoms with Crippen molar-refractivity contribution in [2.75, 3.05) is 13.2 Å². The Morgan fingerprint density at radius 1 is 1.53 bits per heavy atom. The number of ether oxygens (including phenoxy) is 1. The second kappa shape index (κ2) is 6.38. The van der Waals surface area contributed by atoms with Gasteiger partial charge in [0.1, 0.15) is 11.5 Å². The number of primary amides is 1. The van der Waals surface area contributed by atoms with Crippen LogP contribution in [0.1, 0.15) is 5.56 Å². The van der Waals surface area contributed by atoms with Crippen LogP contribution in [0, 0.1) is 11.3 Å². The number of nitrogens with two attached hydrogens (primary N) is 1. The SMILES string of the molecule is N#Cc1ccc(Cl)c(S(=O)(=O)NCCOC(N)=O)c1. The Hall–Kier alpha value is -1.82. The van der Waals surface area contributed by atoms with E-state index in [-0.39, 0.29) is 28.6 Å². The summed E-state index contributed by atoms with van der Waals surface area (Å²) in [6.45, 7) is -0.359. The molecule has 0 aliphatic heterocycles. The van der Waals surface area contributed by atoms with E-state index in [0.29, 0.717) is 0 Å². The van der Waals surface area contributed by atoms with Crippen LogP contribution in [0.5, 0.6) is 0 Å². The number of benzene rings is 1. The van der Waals surface area contributed by atoms with Crippen LogP contribution >= 0.6 is 11.6 Å². The first-order chi connectivity index (χ1) is 8.86. The normalized spacial score (nSPS) is 10.7. The largest absolute Gasteiger partial charge is 0.448 e. The third-order valence-electron chi connectivity index (χ3n) is 1.99. The maximum Gasteiger partial charge on any atom is 0.404 e. The van der Waals surface area contributed by atoms with Crippen molar-refractivity contribution in [3.05, 3.63) is 28.8 Å². The molecule has 3 N–H and O–H groups in total. The highest BCUT2D eigenvalue weighted by molar-refractivity contribution is 7.89. The van der Waals surface area contributed by atoms with Crippen LogP contribution in [0.15, 0.2) is 23.1 Å². The number of nitrogens with zero attached hydrogens (tertiary/aromatic N) is 1. The van der Waals surface area contributed by atoms with E-state index in [2.05, 4.69) is 9.46 Å². The maximum absolute atomic E-state index is 11.9. The van der Waals surface area contributed by atoms with E-state index < -0.39 is 16.1 Å². The minimum absolute atomic E-state index is 0.0117. The number of sulfonamides is 1. The summed E-state index contributed by atoms with van der Waals surface area (Å²) in [5, 5.41) is 8.70. The Morgan fingerprint density at radius 3 is 2.79 bits per heavy atom. The molecule has 1 aromatic carbocycles. The molecule has 0 aromatic heterocycles. The van der Waals surface area contributed by atoms with Gasteiger partial charge in [0.2, 0.25) is 10.0 Å². The van der Waals surface area contributed by atoms with E-state index in [0.717, 1.165) is 6.07 Å². The van der Waals surface area contributed by atoms with Gasteiger partial charge in [-0.25, -0.2) is 17.9 Å². The molecule has 0 radical (unpaired) electrons.